The summed E-state index contributed by atoms with van der Waals surface area (Å²) in [7, 11) is 1.68. The quantitative estimate of drug-likeness (QED) is 0.676. The third kappa shape index (κ3) is 4.55. The zero-order valence-corrected chi connectivity index (χ0v) is 9.07. The molecule has 1 amide bonds. The molecule has 0 saturated heterocycles. The summed E-state index contributed by atoms with van der Waals surface area (Å²) < 4.78 is 5.16. The number of hydrogen-bond donors (Lipinski definition) is 0. The van der Waals surface area contributed by atoms with Gasteiger partial charge < -0.3 is 4.74 Å². The lowest BCUT2D eigenvalue weighted by Gasteiger charge is -2.19. The van der Waals surface area contributed by atoms with Crippen LogP contribution in [0.15, 0.2) is 12.3 Å². The molecule has 0 aliphatic carbocycles. The number of amides is 1. The molecule has 0 aliphatic heterocycles. The number of carbonyl (C=O) groups excluding carboxylic acids is 1. The summed E-state index contributed by atoms with van der Waals surface area (Å²) in [6, 6.07) is 0. The lowest BCUT2D eigenvalue weighted by atomic mass is 10.1. The molecule has 76 valence electrons. The predicted molar refractivity (Wildman–Crippen MR) is 53.4 cm³/mol. The molecule has 0 bridgehead atoms. The Morgan fingerprint density at radius 1 is 1.38 bits per heavy atom. The van der Waals surface area contributed by atoms with Gasteiger partial charge in [0.15, 0.2) is 0 Å². The fraction of sp³-hybridized carbons (Fsp3) is 0.700. The number of nitrogens with zero attached hydrogens (tertiary/aromatic N) is 1. The Morgan fingerprint density at radius 2 is 1.92 bits per heavy atom. The van der Waals surface area contributed by atoms with Gasteiger partial charge in [-0.25, -0.2) is 4.79 Å². The van der Waals surface area contributed by atoms with Crippen LogP contribution in [-0.4, -0.2) is 24.1 Å². The zero-order valence-electron chi connectivity index (χ0n) is 9.07. The van der Waals surface area contributed by atoms with Crippen molar-refractivity contribution < 1.29 is 9.53 Å². The van der Waals surface area contributed by atoms with Crippen molar-refractivity contribution in [3.05, 3.63) is 12.3 Å². The minimum absolute atomic E-state index is 0.0415. The smallest absolute Gasteiger partial charge is 0.413 e. The molecule has 0 spiro atoms. The zero-order chi connectivity index (χ0) is 10.4. The Balaban J connectivity index is 4.00. The fourth-order valence-corrected chi connectivity index (χ4v) is 0.663. The van der Waals surface area contributed by atoms with E-state index in [-0.39, 0.29) is 12.2 Å². The maximum atomic E-state index is 11.3. The van der Waals surface area contributed by atoms with E-state index in [9.17, 15) is 4.79 Å². The second-order valence-electron chi connectivity index (χ2n) is 3.43. The monoisotopic (exact) mass is 185 g/mol. The van der Waals surface area contributed by atoms with Crippen LogP contribution in [0.1, 0.15) is 27.7 Å². The SMILES string of the molecule is CC=CN(C)C(=O)OC(C)C(C)C. The molecular weight excluding hydrogens is 166 g/mol. The van der Waals surface area contributed by atoms with Crippen LogP contribution in [0.2, 0.25) is 0 Å². The second kappa shape index (κ2) is 5.62. The average molecular weight is 185 g/mol. The normalized spacial score (nSPS) is 13.4. The molecule has 0 aromatic heterocycles. The van der Waals surface area contributed by atoms with Crippen molar-refractivity contribution in [2.45, 2.75) is 33.8 Å². The van der Waals surface area contributed by atoms with E-state index in [0.29, 0.717) is 5.92 Å². The lowest BCUT2D eigenvalue weighted by molar-refractivity contribution is 0.0650. The first-order valence-corrected chi connectivity index (χ1v) is 4.55. The maximum absolute atomic E-state index is 11.3. The number of carbonyl (C=O) groups is 1. The van der Waals surface area contributed by atoms with E-state index in [1.165, 1.54) is 4.90 Å². The molecule has 13 heavy (non-hydrogen) atoms. The Labute approximate surface area is 80.4 Å². The van der Waals surface area contributed by atoms with E-state index in [2.05, 4.69) is 0 Å². The molecule has 0 N–H and O–H groups in total. The van der Waals surface area contributed by atoms with Crippen LogP contribution >= 0.6 is 0 Å². The maximum Gasteiger partial charge on any atom is 0.413 e. The van der Waals surface area contributed by atoms with E-state index in [0.717, 1.165) is 0 Å². The van der Waals surface area contributed by atoms with Crippen molar-refractivity contribution in [3.8, 4) is 0 Å². The molecule has 0 saturated carbocycles. The van der Waals surface area contributed by atoms with E-state index < -0.39 is 0 Å². The molecule has 3 nitrogen and oxygen atoms in total. The fourth-order valence-electron chi connectivity index (χ4n) is 0.663. The first kappa shape index (κ1) is 12.0. The van der Waals surface area contributed by atoms with Crippen molar-refractivity contribution in [2.24, 2.45) is 5.92 Å². The number of rotatable bonds is 3. The summed E-state index contributed by atoms with van der Waals surface area (Å²) in [5, 5.41) is 0. The summed E-state index contributed by atoms with van der Waals surface area (Å²) in [5.41, 5.74) is 0. The van der Waals surface area contributed by atoms with E-state index in [1.54, 1.807) is 19.3 Å². The molecule has 0 fully saturated rings. The van der Waals surface area contributed by atoms with Crippen molar-refractivity contribution in [3.63, 3.8) is 0 Å². The highest BCUT2D eigenvalue weighted by atomic mass is 16.6. The summed E-state index contributed by atoms with van der Waals surface area (Å²) in [6.07, 6.45) is 3.12. The number of hydrogen-bond acceptors (Lipinski definition) is 2. The third-order valence-corrected chi connectivity index (χ3v) is 1.89. The molecule has 1 unspecified atom stereocenters. The van der Waals surface area contributed by atoms with Crippen molar-refractivity contribution in [1.82, 2.24) is 4.90 Å². The van der Waals surface area contributed by atoms with Crippen LogP contribution in [-0.2, 0) is 4.74 Å². The van der Waals surface area contributed by atoms with Crippen molar-refractivity contribution in [2.75, 3.05) is 7.05 Å². The molecular formula is C10H19NO2. The highest BCUT2D eigenvalue weighted by Crippen LogP contribution is 2.07. The van der Waals surface area contributed by atoms with Crippen LogP contribution in [0.4, 0.5) is 4.79 Å². The summed E-state index contributed by atoms with van der Waals surface area (Å²) >= 11 is 0. The molecule has 0 radical (unpaired) electrons. The molecule has 0 heterocycles. The average Bonchev–Trinajstić information content (AvgIpc) is 2.04. The number of ether oxygens (including phenoxy) is 1. The Hall–Kier alpha value is -0.990. The van der Waals surface area contributed by atoms with Gasteiger partial charge in [0, 0.05) is 13.2 Å². The van der Waals surface area contributed by atoms with Crippen molar-refractivity contribution >= 4 is 6.09 Å². The van der Waals surface area contributed by atoms with Gasteiger partial charge in [0.2, 0.25) is 0 Å². The van der Waals surface area contributed by atoms with Gasteiger partial charge in [0.1, 0.15) is 6.10 Å². The van der Waals surface area contributed by atoms with Gasteiger partial charge in [-0.05, 0) is 19.8 Å². The summed E-state index contributed by atoms with van der Waals surface area (Å²) in [6.45, 7) is 7.79. The topological polar surface area (TPSA) is 29.5 Å². The summed E-state index contributed by atoms with van der Waals surface area (Å²) in [4.78, 5) is 12.7. The van der Waals surface area contributed by atoms with Gasteiger partial charge in [0.25, 0.3) is 0 Å². The van der Waals surface area contributed by atoms with Gasteiger partial charge in [-0.1, -0.05) is 19.9 Å². The molecule has 1 atom stereocenters. The van der Waals surface area contributed by atoms with Gasteiger partial charge in [-0.2, -0.15) is 0 Å². The summed E-state index contributed by atoms with van der Waals surface area (Å²) in [5.74, 6) is 0.350. The Kier molecular flexibility index (Phi) is 5.19. The van der Waals surface area contributed by atoms with Crippen molar-refractivity contribution in [1.29, 1.82) is 0 Å². The van der Waals surface area contributed by atoms with Crippen LogP contribution in [0, 0.1) is 5.92 Å². The molecule has 0 aromatic rings. The lowest BCUT2D eigenvalue weighted by Crippen LogP contribution is -2.28. The van der Waals surface area contributed by atoms with E-state index >= 15 is 0 Å². The Morgan fingerprint density at radius 3 is 2.31 bits per heavy atom. The van der Waals surface area contributed by atoms with Crippen LogP contribution < -0.4 is 0 Å². The largest absolute Gasteiger partial charge is 0.446 e. The standard InChI is InChI=1S/C10H19NO2/c1-6-7-11(5)10(12)13-9(4)8(2)3/h6-9H,1-5H3. The molecule has 0 aromatic carbocycles. The van der Waals surface area contributed by atoms with Gasteiger partial charge in [-0.3, -0.25) is 4.90 Å². The first-order valence-electron chi connectivity index (χ1n) is 4.55. The van der Waals surface area contributed by atoms with Gasteiger partial charge in [-0.15, -0.1) is 0 Å². The predicted octanol–water partition coefficient (Wildman–Crippen LogP) is 2.63. The van der Waals surface area contributed by atoms with Gasteiger partial charge in [0.05, 0.1) is 0 Å². The minimum atomic E-state index is -0.306. The van der Waals surface area contributed by atoms with Crippen LogP contribution in [0.25, 0.3) is 0 Å². The van der Waals surface area contributed by atoms with Gasteiger partial charge >= 0.3 is 6.09 Å². The third-order valence-electron chi connectivity index (χ3n) is 1.89. The highest BCUT2D eigenvalue weighted by molar-refractivity contribution is 5.68. The molecule has 3 heteroatoms. The first-order chi connectivity index (χ1) is 5.99. The number of allylic oxidation sites excluding steroid dienone is 1. The molecule has 0 aliphatic rings. The van der Waals surface area contributed by atoms with Crippen LogP contribution in [0.3, 0.4) is 0 Å². The van der Waals surface area contributed by atoms with E-state index in [1.807, 2.05) is 27.7 Å². The molecule has 0 rings (SSSR count). The van der Waals surface area contributed by atoms with E-state index in [4.69, 9.17) is 4.74 Å². The Bertz CT molecular complexity index is 187. The minimum Gasteiger partial charge on any atom is -0.446 e. The second-order valence-corrected chi connectivity index (χ2v) is 3.43. The highest BCUT2D eigenvalue weighted by Gasteiger charge is 2.14. The van der Waals surface area contributed by atoms with Crippen LogP contribution in [0.5, 0.6) is 0 Å².